The van der Waals surface area contributed by atoms with Crippen LogP contribution in [0.25, 0.3) is 0 Å². The number of fused-ring (bicyclic) bond motifs is 1. The van der Waals surface area contributed by atoms with E-state index in [0.29, 0.717) is 23.9 Å². The van der Waals surface area contributed by atoms with E-state index >= 15 is 0 Å². The Kier molecular flexibility index (Phi) is 14.6. The monoisotopic (exact) mass is 706 g/mol. The lowest BCUT2D eigenvalue weighted by Crippen LogP contribution is -2.48. The first-order valence-electron chi connectivity index (χ1n) is 15.9. The van der Waals surface area contributed by atoms with Crippen LogP contribution < -0.4 is 22.8 Å². The summed E-state index contributed by atoms with van der Waals surface area (Å²) >= 11 is 1.60. The average molecular weight is 708 g/mol. The predicted molar refractivity (Wildman–Crippen MR) is 197 cm³/mol. The number of rotatable bonds is 13. The second-order valence-electron chi connectivity index (χ2n) is 12.1. The third-order valence-electron chi connectivity index (χ3n) is 9.06. The normalized spacial score (nSPS) is 19.6. The number of carbonyl (C=O) groups is 1. The molecule has 3 aromatic rings. The van der Waals surface area contributed by atoms with Gasteiger partial charge in [0.2, 0.25) is 5.75 Å². The number of hydrogen-bond donors (Lipinski definition) is 0. The lowest BCUT2D eigenvalue weighted by atomic mass is 9.99. The molecule has 11 heteroatoms. The lowest BCUT2D eigenvalue weighted by molar-refractivity contribution is -0.126. The second-order valence-corrected chi connectivity index (χ2v) is 13.5. The molecule has 1 amide bonds. The largest absolute Gasteiger partial charge is 0.493 e. The highest BCUT2D eigenvalue weighted by molar-refractivity contribution is 7.99. The zero-order chi connectivity index (χ0) is 32.0. The van der Waals surface area contributed by atoms with Gasteiger partial charge in [-0.1, -0.05) is 24.3 Å². The minimum Gasteiger partial charge on any atom is -0.493 e. The maximum atomic E-state index is 13.7. The van der Waals surface area contributed by atoms with E-state index in [1.807, 2.05) is 44.3 Å². The van der Waals surface area contributed by atoms with Crippen molar-refractivity contribution in [2.75, 3.05) is 74.3 Å². The van der Waals surface area contributed by atoms with Crippen molar-refractivity contribution in [1.82, 2.24) is 13.7 Å². The number of hydrogen-bond acceptors (Lipinski definition) is 8. The molecule has 1 fully saturated rings. The van der Waals surface area contributed by atoms with Crippen LogP contribution in [0.1, 0.15) is 42.4 Å². The summed E-state index contributed by atoms with van der Waals surface area (Å²) in [5.41, 5.74) is 4.34. The topological polar surface area (TPSA) is 60.5 Å². The molecule has 1 saturated heterocycles. The Balaban J connectivity index is 0.00000300. The highest BCUT2D eigenvalue weighted by atomic mass is 35.5. The predicted octanol–water partition coefficient (Wildman–Crippen LogP) is 7.17. The molecule has 3 aromatic carbocycles. The summed E-state index contributed by atoms with van der Waals surface area (Å²) in [4.78, 5) is 20.0. The van der Waals surface area contributed by atoms with E-state index in [-0.39, 0.29) is 40.5 Å². The lowest BCUT2D eigenvalue weighted by Gasteiger charge is -2.36. The number of halogens is 2. The Morgan fingerprint density at radius 2 is 1.47 bits per heavy atom. The van der Waals surface area contributed by atoms with Gasteiger partial charge in [0, 0.05) is 38.8 Å². The fourth-order valence-corrected chi connectivity index (χ4v) is 7.71. The van der Waals surface area contributed by atoms with Crippen molar-refractivity contribution in [2.24, 2.45) is 0 Å². The summed E-state index contributed by atoms with van der Waals surface area (Å²) < 4.78 is 23.0. The molecule has 0 saturated carbocycles. The van der Waals surface area contributed by atoms with Crippen molar-refractivity contribution in [3.63, 3.8) is 0 Å². The van der Waals surface area contributed by atoms with Gasteiger partial charge in [0.15, 0.2) is 22.9 Å². The molecule has 47 heavy (non-hydrogen) atoms. The number of carbonyl (C=O) groups excluding carboxylic acids is 1. The van der Waals surface area contributed by atoms with Gasteiger partial charge in [-0.25, -0.2) is 4.79 Å². The van der Waals surface area contributed by atoms with Crippen molar-refractivity contribution in [1.29, 1.82) is 0 Å². The number of likely N-dealkylation sites (N-methyl/N-ethyl adjacent to an activating group) is 1. The Morgan fingerprint density at radius 1 is 0.830 bits per heavy atom. The van der Waals surface area contributed by atoms with Crippen LogP contribution in [0, 0.1) is 6.92 Å². The zero-order valence-electron chi connectivity index (χ0n) is 28.5. The van der Waals surface area contributed by atoms with Crippen LogP contribution in [0.5, 0.6) is 23.0 Å². The number of amides is 1. The fourth-order valence-electron chi connectivity index (χ4n) is 6.34. The number of piperazine rings is 1. The summed E-state index contributed by atoms with van der Waals surface area (Å²) in [5.74, 6) is 2.85. The number of ether oxygens (including phenoxy) is 4. The van der Waals surface area contributed by atoms with Crippen LogP contribution in [-0.4, -0.2) is 90.0 Å². The molecule has 2 heterocycles. The highest BCUT2D eigenvalue weighted by Gasteiger charge is 2.47. The summed E-state index contributed by atoms with van der Waals surface area (Å²) in [6.45, 7) is 11.1. The molecule has 2 aliphatic rings. The van der Waals surface area contributed by atoms with Crippen molar-refractivity contribution in [3.05, 3.63) is 71.3 Å². The van der Waals surface area contributed by atoms with Crippen LogP contribution >= 0.6 is 36.8 Å². The summed E-state index contributed by atoms with van der Waals surface area (Å²) in [6, 6.07) is 18.6. The van der Waals surface area contributed by atoms with Crippen molar-refractivity contribution in [3.8, 4) is 23.0 Å². The summed E-state index contributed by atoms with van der Waals surface area (Å²) in [5, 5.41) is 0. The molecule has 258 valence electrons. The second kappa shape index (κ2) is 17.7. The number of benzene rings is 3. The number of unbranched alkanes of at least 4 members (excludes halogenated alkanes) is 1. The van der Waals surface area contributed by atoms with Crippen molar-refractivity contribution in [2.45, 2.75) is 43.9 Å². The first-order valence-corrected chi connectivity index (χ1v) is 16.7. The van der Waals surface area contributed by atoms with Crippen molar-refractivity contribution >= 4 is 48.4 Å². The Hall–Kier alpha value is -2.66. The molecular formula is C36H50Cl2N3O5S+. The number of aryl methyl sites for hydroxylation is 1. The van der Waals surface area contributed by atoms with Crippen LogP contribution in [0.4, 0.5) is 5.69 Å². The van der Waals surface area contributed by atoms with E-state index in [1.165, 1.54) is 5.56 Å². The first kappa shape index (κ1) is 38.8. The Bertz CT molecular complexity index is 1460. The van der Waals surface area contributed by atoms with Gasteiger partial charge in [0.1, 0.15) is 11.9 Å². The Morgan fingerprint density at radius 3 is 2.11 bits per heavy atom. The van der Waals surface area contributed by atoms with Gasteiger partial charge in [-0.15, -0.1) is 24.8 Å². The van der Waals surface area contributed by atoms with Gasteiger partial charge in [-0.2, -0.15) is 3.89 Å². The van der Waals surface area contributed by atoms with Gasteiger partial charge < -0.3 is 28.7 Å². The van der Waals surface area contributed by atoms with Gasteiger partial charge in [0.25, 0.3) is 0 Å². The number of nitrogens with zero attached hydrogens (tertiary/aromatic N) is 3. The fraction of sp³-hybridized carbons (Fsp3) is 0.472. The molecule has 2 unspecified atom stereocenters. The molecule has 8 nitrogen and oxygen atoms in total. The van der Waals surface area contributed by atoms with Gasteiger partial charge in [-0.3, -0.25) is 0 Å². The smallest absolute Gasteiger partial charge is 0.337 e. The molecule has 2 aliphatic heterocycles. The zero-order valence-corrected chi connectivity index (χ0v) is 30.9. The molecular weight excluding hydrogens is 657 g/mol. The minimum absolute atomic E-state index is 0. The van der Waals surface area contributed by atoms with Crippen LogP contribution in [-0.2, 0) is 11.2 Å². The third-order valence-corrected chi connectivity index (χ3v) is 10.4. The molecule has 5 rings (SSSR count). The van der Waals surface area contributed by atoms with Crippen molar-refractivity contribution < 1.29 is 23.7 Å². The SMILES string of the molecule is COc1cc(CCN2CCN(CCCCOc3ccc(C)cc3[N+]3(C)Sc4ccccc4C(C)C3=O)CC2)cc(OC)c1OC.Cl.Cl. The van der Waals surface area contributed by atoms with Gasteiger partial charge in [0.05, 0.1) is 45.8 Å². The van der Waals surface area contributed by atoms with Crippen LogP contribution in [0.15, 0.2) is 59.5 Å². The van der Waals surface area contributed by atoms with E-state index in [4.69, 9.17) is 18.9 Å². The number of quaternary nitrogens is 1. The van der Waals surface area contributed by atoms with Crippen LogP contribution in [0.2, 0.25) is 0 Å². The molecule has 0 N–H and O–H groups in total. The maximum Gasteiger partial charge on any atom is 0.337 e. The Labute approximate surface area is 297 Å². The summed E-state index contributed by atoms with van der Waals surface area (Å²) in [7, 11) is 6.95. The molecule has 0 aromatic heterocycles. The van der Waals surface area contributed by atoms with Gasteiger partial charge >= 0.3 is 5.91 Å². The molecule has 0 spiro atoms. The highest BCUT2D eigenvalue weighted by Crippen LogP contribution is 2.49. The average Bonchev–Trinajstić information content (AvgIpc) is 3.06. The molecule has 2 atom stereocenters. The molecule has 0 bridgehead atoms. The minimum atomic E-state index is -0.171. The van der Waals surface area contributed by atoms with Crippen LogP contribution in [0.3, 0.4) is 0 Å². The van der Waals surface area contributed by atoms with E-state index < -0.39 is 0 Å². The van der Waals surface area contributed by atoms with E-state index in [2.05, 4.69) is 41.0 Å². The van der Waals surface area contributed by atoms with E-state index in [9.17, 15) is 4.79 Å². The molecule has 0 aliphatic carbocycles. The van der Waals surface area contributed by atoms with Gasteiger partial charge in [-0.05, 0) is 80.6 Å². The maximum absolute atomic E-state index is 13.7. The summed E-state index contributed by atoms with van der Waals surface area (Å²) in [6.07, 6.45) is 2.98. The number of methoxy groups -OCH3 is 3. The van der Waals surface area contributed by atoms with E-state index in [0.717, 1.165) is 86.0 Å². The van der Waals surface area contributed by atoms with E-state index in [1.54, 1.807) is 33.3 Å². The quantitative estimate of drug-likeness (QED) is 0.105. The third kappa shape index (κ3) is 8.88. The first-order chi connectivity index (χ1) is 21.8. The standard InChI is InChI=1S/C36H48N3O5S.2ClH/c1-26-13-14-31(30(23-26)39(3)36(40)27(2)29-11-7-8-12-34(29)45-39)44-22-10-9-16-37-18-20-38(21-19-37)17-15-28-24-32(41-4)35(43-6)33(25-28)42-5;;/h7-8,11-14,23-25,27H,9-10,15-22H2,1-6H3;2*1H/q+1;;. The molecule has 0 radical (unpaired) electrons.